The number of ether oxygens (including phenoxy) is 1. The molecule has 2 N–H and O–H groups in total. The summed E-state index contributed by atoms with van der Waals surface area (Å²) in [6.07, 6.45) is -1.81. The predicted octanol–water partition coefficient (Wildman–Crippen LogP) is 4.48. The summed E-state index contributed by atoms with van der Waals surface area (Å²) >= 11 is 0. The zero-order valence-corrected chi connectivity index (χ0v) is 20.7. The number of anilines is 2. The molecule has 3 heterocycles. The van der Waals surface area contributed by atoms with Crippen LogP contribution in [0.4, 0.5) is 24.9 Å². The number of aromatic nitrogens is 4. The minimum atomic E-state index is -4.48. The van der Waals surface area contributed by atoms with Crippen molar-refractivity contribution in [2.45, 2.75) is 24.5 Å². The maximum Gasteiger partial charge on any atom is 0.405 e. The number of benzene rings is 1. The number of rotatable bonds is 9. The lowest BCUT2D eigenvalue weighted by Crippen LogP contribution is -2.22. The largest absolute Gasteiger partial charge is 0.478 e. The van der Waals surface area contributed by atoms with E-state index in [4.69, 9.17) is 4.74 Å². The zero-order valence-electron chi connectivity index (χ0n) is 19.9. The minimum Gasteiger partial charge on any atom is -0.478 e. The van der Waals surface area contributed by atoms with E-state index in [0.717, 1.165) is 6.26 Å². The van der Waals surface area contributed by atoms with Crippen LogP contribution in [-0.4, -0.2) is 53.9 Å². The molecule has 0 saturated heterocycles. The van der Waals surface area contributed by atoms with Crippen molar-refractivity contribution in [3.05, 3.63) is 60.3 Å². The lowest BCUT2D eigenvalue weighted by molar-refractivity contribution is -0.115. The smallest absolute Gasteiger partial charge is 0.405 e. The van der Waals surface area contributed by atoms with Gasteiger partial charge in [-0.25, -0.2) is 23.4 Å². The Morgan fingerprint density at radius 3 is 2.49 bits per heavy atom. The highest BCUT2D eigenvalue weighted by atomic mass is 32.2. The van der Waals surface area contributed by atoms with Crippen LogP contribution in [0.2, 0.25) is 0 Å². The Labute approximate surface area is 211 Å². The molecule has 0 aliphatic heterocycles. The first-order valence-electron chi connectivity index (χ1n) is 11.1. The third-order valence-electron chi connectivity index (χ3n) is 5.10. The number of sulfone groups is 1. The van der Waals surface area contributed by atoms with E-state index in [2.05, 4.69) is 30.6 Å². The van der Waals surface area contributed by atoms with Crippen LogP contribution in [0.15, 0.2) is 59.6 Å². The van der Waals surface area contributed by atoms with Gasteiger partial charge < -0.3 is 15.4 Å². The SMILES string of the molecule is CCOc1ccc(-c2ccc3nc(NCc4cccc(S(C)(=O)=O)c4)nc(NCC(F)(F)F)c3n2)cn1. The molecule has 0 spiro atoms. The molecule has 4 aromatic rings. The molecule has 4 rings (SSSR count). The van der Waals surface area contributed by atoms with Gasteiger partial charge in [0.05, 0.1) is 22.7 Å². The van der Waals surface area contributed by atoms with Gasteiger partial charge >= 0.3 is 6.18 Å². The van der Waals surface area contributed by atoms with E-state index in [0.29, 0.717) is 34.8 Å². The van der Waals surface area contributed by atoms with Gasteiger partial charge in [0.15, 0.2) is 15.7 Å². The maximum absolute atomic E-state index is 13.0. The monoisotopic (exact) mass is 532 g/mol. The highest BCUT2D eigenvalue weighted by Crippen LogP contribution is 2.27. The van der Waals surface area contributed by atoms with Crippen molar-refractivity contribution >= 4 is 32.6 Å². The summed E-state index contributed by atoms with van der Waals surface area (Å²) in [5.41, 5.74) is 2.21. The van der Waals surface area contributed by atoms with Crippen molar-refractivity contribution in [1.29, 1.82) is 0 Å². The van der Waals surface area contributed by atoms with Crippen LogP contribution < -0.4 is 15.4 Å². The normalized spacial score (nSPS) is 11.9. The van der Waals surface area contributed by atoms with Gasteiger partial charge in [-0.2, -0.15) is 18.2 Å². The highest BCUT2D eigenvalue weighted by molar-refractivity contribution is 7.90. The van der Waals surface area contributed by atoms with Crippen molar-refractivity contribution in [3.63, 3.8) is 0 Å². The number of nitrogens with one attached hydrogen (secondary N) is 2. The van der Waals surface area contributed by atoms with Gasteiger partial charge in [-0.3, -0.25) is 0 Å². The third kappa shape index (κ3) is 6.82. The highest BCUT2D eigenvalue weighted by Gasteiger charge is 2.27. The maximum atomic E-state index is 13.0. The number of hydrogen-bond donors (Lipinski definition) is 2. The van der Waals surface area contributed by atoms with Crippen molar-refractivity contribution in [2.75, 3.05) is 30.0 Å². The molecule has 1 aromatic carbocycles. The average Bonchev–Trinajstić information content (AvgIpc) is 2.85. The van der Waals surface area contributed by atoms with Gasteiger partial charge in [-0.05, 0) is 42.8 Å². The number of hydrogen-bond acceptors (Lipinski definition) is 9. The summed E-state index contributed by atoms with van der Waals surface area (Å²) < 4.78 is 67.9. The molecule has 9 nitrogen and oxygen atoms in total. The molecular weight excluding hydrogens is 509 g/mol. The molecule has 0 unspecified atom stereocenters. The second-order valence-corrected chi connectivity index (χ2v) is 10.0. The van der Waals surface area contributed by atoms with Crippen LogP contribution in [0.5, 0.6) is 5.88 Å². The van der Waals surface area contributed by atoms with Crippen molar-refractivity contribution in [3.8, 4) is 17.1 Å². The minimum absolute atomic E-state index is 0.0548. The molecule has 3 aromatic heterocycles. The van der Waals surface area contributed by atoms with Gasteiger partial charge in [0.25, 0.3) is 0 Å². The first-order valence-corrected chi connectivity index (χ1v) is 13.0. The van der Waals surface area contributed by atoms with E-state index in [9.17, 15) is 21.6 Å². The van der Waals surface area contributed by atoms with Gasteiger partial charge in [0.1, 0.15) is 12.1 Å². The predicted molar refractivity (Wildman–Crippen MR) is 133 cm³/mol. The summed E-state index contributed by atoms with van der Waals surface area (Å²) in [5.74, 6) is 0.398. The Hall–Kier alpha value is -4.00. The number of alkyl halides is 3. The van der Waals surface area contributed by atoms with Crippen LogP contribution in [0.25, 0.3) is 22.3 Å². The second-order valence-electron chi connectivity index (χ2n) is 8.02. The molecule has 13 heteroatoms. The molecule has 0 saturated carbocycles. The summed E-state index contributed by atoms with van der Waals surface area (Å²) in [6, 6.07) is 13.0. The standard InChI is InChI=1S/C24H23F3N6O3S/c1-3-36-20-10-7-16(13-28-20)18-8-9-19-21(31-18)22(30-14-24(25,26)27)33-23(32-19)29-12-15-5-4-6-17(11-15)37(2,34)35/h4-11,13H,3,12,14H2,1-2H3,(H2,29,30,32,33). The van der Waals surface area contributed by atoms with Gasteiger partial charge in [0, 0.05) is 30.6 Å². The van der Waals surface area contributed by atoms with E-state index in [1.807, 2.05) is 6.92 Å². The van der Waals surface area contributed by atoms with Crippen LogP contribution in [0.3, 0.4) is 0 Å². The van der Waals surface area contributed by atoms with Crippen molar-refractivity contribution in [1.82, 2.24) is 19.9 Å². The van der Waals surface area contributed by atoms with Gasteiger partial charge in [-0.1, -0.05) is 12.1 Å². The van der Waals surface area contributed by atoms with Gasteiger partial charge in [0.2, 0.25) is 11.8 Å². The number of pyridine rings is 2. The van der Waals surface area contributed by atoms with Crippen LogP contribution >= 0.6 is 0 Å². The third-order valence-corrected chi connectivity index (χ3v) is 6.21. The summed E-state index contributed by atoms with van der Waals surface area (Å²) in [5, 5.41) is 5.25. The van der Waals surface area contributed by atoms with Gasteiger partial charge in [-0.15, -0.1) is 0 Å². The lowest BCUT2D eigenvalue weighted by Gasteiger charge is -2.14. The van der Waals surface area contributed by atoms with Crippen LogP contribution in [0, 0.1) is 0 Å². The fourth-order valence-corrected chi connectivity index (χ4v) is 4.08. The molecular formula is C24H23F3N6O3S. The summed E-state index contributed by atoms with van der Waals surface area (Å²) in [6.45, 7) is 1.14. The summed E-state index contributed by atoms with van der Waals surface area (Å²) in [4.78, 5) is 17.4. The van der Waals surface area contributed by atoms with E-state index < -0.39 is 22.6 Å². The fourth-order valence-electron chi connectivity index (χ4n) is 3.39. The molecule has 0 atom stereocenters. The average molecular weight is 533 g/mol. The first-order chi connectivity index (χ1) is 17.5. The number of fused-ring (bicyclic) bond motifs is 1. The molecule has 37 heavy (non-hydrogen) atoms. The number of nitrogens with zero attached hydrogens (tertiary/aromatic N) is 4. The molecule has 0 radical (unpaired) electrons. The Bertz CT molecular complexity index is 1510. The Morgan fingerprint density at radius 2 is 1.81 bits per heavy atom. The quantitative estimate of drug-likeness (QED) is 0.322. The van der Waals surface area contributed by atoms with Crippen LogP contribution in [-0.2, 0) is 16.4 Å². The molecule has 0 fully saturated rings. The van der Waals surface area contributed by atoms with E-state index in [1.165, 1.54) is 12.1 Å². The first kappa shape index (κ1) is 26.1. The zero-order chi connectivity index (χ0) is 26.6. The second kappa shape index (κ2) is 10.5. The topological polar surface area (TPSA) is 119 Å². The van der Waals surface area contributed by atoms with E-state index in [1.54, 1.807) is 42.6 Å². The lowest BCUT2D eigenvalue weighted by atomic mass is 10.2. The van der Waals surface area contributed by atoms with Crippen molar-refractivity contribution < 1.29 is 26.3 Å². The molecule has 194 valence electrons. The molecule has 0 bridgehead atoms. The van der Waals surface area contributed by atoms with E-state index in [-0.39, 0.29) is 28.7 Å². The van der Waals surface area contributed by atoms with E-state index >= 15 is 0 Å². The number of halogens is 3. The molecule has 0 aliphatic carbocycles. The van der Waals surface area contributed by atoms with Crippen LogP contribution in [0.1, 0.15) is 12.5 Å². The molecule has 0 aliphatic rings. The Morgan fingerprint density at radius 1 is 1.00 bits per heavy atom. The Balaban J connectivity index is 1.66. The fraction of sp³-hybridized carbons (Fsp3) is 0.250. The Kier molecular flexibility index (Phi) is 7.43. The molecule has 0 amide bonds. The van der Waals surface area contributed by atoms with Crippen molar-refractivity contribution in [2.24, 2.45) is 0 Å². The summed E-state index contributed by atoms with van der Waals surface area (Å²) in [7, 11) is -3.39.